The van der Waals surface area contributed by atoms with Crippen molar-refractivity contribution in [3.05, 3.63) is 24.0 Å². The Hall–Kier alpha value is -2.09. The predicted molar refractivity (Wildman–Crippen MR) is 61.3 cm³/mol. The number of hydrogen-bond donors (Lipinski definition) is 1. The van der Waals surface area contributed by atoms with E-state index in [1.165, 1.54) is 13.3 Å². The molecule has 1 aliphatic carbocycles. The van der Waals surface area contributed by atoms with Crippen LogP contribution in [-0.2, 0) is 4.74 Å². The first-order valence-corrected chi connectivity index (χ1v) is 5.39. The highest BCUT2D eigenvalue weighted by Crippen LogP contribution is 2.44. The summed E-state index contributed by atoms with van der Waals surface area (Å²) >= 11 is 0. The van der Waals surface area contributed by atoms with Gasteiger partial charge in [-0.1, -0.05) is 0 Å². The Bertz CT molecular complexity index is 475. The zero-order valence-electron chi connectivity index (χ0n) is 9.56. The maximum atomic E-state index is 11.5. The summed E-state index contributed by atoms with van der Waals surface area (Å²) in [5.41, 5.74) is 0.605. The molecule has 5 heteroatoms. The van der Waals surface area contributed by atoms with E-state index in [2.05, 4.69) is 21.1 Å². The number of esters is 1. The standard InChI is InChI=1S/C12H13N3O2/c1-17-11(16)10-9(3-2-6-14-10)15-8-12(7-13)4-5-12/h2-3,6,15H,4-5,8H2,1H3. The van der Waals surface area contributed by atoms with E-state index in [9.17, 15) is 4.79 Å². The lowest BCUT2D eigenvalue weighted by Gasteiger charge is -2.11. The van der Waals surface area contributed by atoms with E-state index in [4.69, 9.17) is 5.26 Å². The molecule has 2 rings (SSSR count). The topological polar surface area (TPSA) is 75.0 Å². The maximum Gasteiger partial charge on any atom is 0.358 e. The second-order valence-electron chi connectivity index (χ2n) is 4.14. The first-order chi connectivity index (χ1) is 8.21. The van der Waals surface area contributed by atoms with Gasteiger partial charge in [0.2, 0.25) is 0 Å². The molecule has 1 N–H and O–H groups in total. The summed E-state index contributed by atoms with van der Waals surface area (Å²) in [5, 5.41) is 12.1. The van der Waals surface area contributed by atoms with Gasteiger partial charge in [0.1, 0.15) is 0 Å². The molecule has 0 bridgehead atoms. The predicted octanol–water partition coefficient (Wildman–Crippen LogP) is 1.58. The highest BCUT2D eigenvalue weighted by molar-refractivity contribution is 5.93. The molecule has 1 saturated carbocycles. The van der Waals surface area contributed by atoms with Gasteiger partial charge in [0.15, 0.2) is 5.69 Å². The average Bonchev–Trinajstić information content (AvgIpc) is 3.16. The van der Waals surface area contributed by atoms with Crippen molar-refractivity contribution in [3.8, 4) is 6.07 Å². The van der Waals surface area contributed by atoms with E-state index in [1.54, 1.807) is 12.1 Å². The van der Waals surface area contributed by atoms with Crippen LogP contribution in [0.1, 0.15) is 23.3 Å². The largest absolute Gasteiger partial charge is 0.464 e. The van der Waals surface area contributed by atoms with Gasteiger partial charge in [0.05, 0.1) is 24.3 Å². The summed E-state index contributed by atoms with van der Waals surface area (Å²) in [6.07, 6.45) is 3.35. The second-order valence-corrected chi connectivity index (χ2v) is 4.14. The van der Waals surface area contributed by atoms with E-state index in [0.717, 1.165) is 12.8 Å². The fourth-order valence-electron chi connectivity index (χ4n) is 1.55. The molecule has 0 aromatic carbocycles. The van der Waals surface area contributed by atoms with Gasteiger partial charge in [-0.3, -0.25) is 0 Å². The third-order valence-electron chi connectivity index (χ3n) is 2.89. The number of methoxy groups -OCH3 is 1. The molecule has 0 saturated heterocycles. The molecule has 0 amide bonds. The maximum absolute atomic E-state index is 11.5. The Morgan fingerprint density at radius 1 is 1.71 bits per heavy atom. The average molecular weight is 231 g/mol. The number of nitriles is 1. The number of nitrogens with one attached hydrogen (secondary N) is 1. The highest BCUT2D eigenvalue weighted by atomic mass is 16.5. The van der Waals surface area contributed by atoms with E-state index in [0.29, 0.717) is 12.2 Å². The highest BCUT2D eigenvalue weighted by Gasteiger charge is 2.43. The fourth-order valence-corrected chi connectivity index (χ4v) is 1.55. The molecule has 1 aromatic rings. The summed E-state index contributed by atoms with van der Waals surface area (Å²) in [4.78, 5) is 15.4. The van der Waals surface area contributed by atoms with Gasteiger partial charge in [0, 0.05) is 12.7 Å². The van der Waals surface area contributed by atoms with Crippen LogP contribution in [0.4, 0.5) is 5.69 Å². The number of carbonyl (C=O) groups excluding carboxylic acids is 1. The molecule has 1 heterocycles. The molecule has 0 atom stereocenters. The van der Waals surface area contributed by atoms with Crippen molar-refractivity contribution in [3.63, 3.8) is 0 Å². The van der Waals surface area contributed by atoms with Crippen LogP contribution < -0.4 is 5.32 Å². The van der Waals surface area contributed by atoms with Gasteiger partial charge in [-0.2, -0.15) is 5.26 Å². The number of anilines is 1. The Labute approximate surface area is 99.4 Å². The quantitative estimate of drug-likeness (QED) is 0.796. The molecule has 1 aromatic heterocycles. The van der Waals surface area contributed by atoms with Crippen molar-refractivity contribution in [2.24, 2.45) is 5.41 Å². The number of aromatic nitrogens is 1. The van der Waals surface area contributed by atoms with Crippen molar-refractivity contribution in [2.75, 3.05) is 19.0 Å². The minimum atomic E-state index is -0.477. The fraction of sp³-hybridized carbons (Fsp3) is 0.417. The van der Waals surface area contributed by atoms with E-state index >= 15 is 0 Å². The summed E-state index contributed by atoms with van der Waals surface area (Å²) in [5.74, 6) is -0.477. The molecule has 0 aliphatic heterocycles. The first-order valence-electron chi connectivity index (χ1n) is 5.39. The first kappa shape index (κ1) is 11.4. The zero-order chi connectivity index (χ0) is 12.3. The van der Waals surface area contributed by atoms with Crippen LogP contribution in [0, 0.1) is 16.7 Å². The summed E-state index contributed by atoms with van der Waals surface area (Å²) in [6.45, 7) is 0.541. The third kappa shape index (κ3) is 2.36. The van der Waals surface area contributed by atoms with Crippen molar-refractivity contribution in [2.45, 2.75) is 12.8 Å². The Kier molecular flexibility index (Phi) is 2.96. The number of carbonyl (C=O) groups is 1. The van der Waals surface area contributed by atoms with Crippen LogP contribution >= 0.6 is 0 Å². The lowest BCUT2D eigenvalue weighted by Crippen LogP contribution is -2.16. The van der Waals surface area contributed by atoms with Crippen LogP contribution in [0.3, 0.4) is 0 Å². The molecule has 1 fully saturated rings. The Balaban J connectivity index is 2.10. The molecule has 0 spiro atoms. The molecule has 0 radical (unpaired) electrons. The number of nitrogens with zero attached hydrogens (tertiary/aromatic N) is 2. The smallest absolute Gasteiger partial charge is 0.358 e. The SMILES string of the molecule is COC(=O)c1ncccc1NCC1(C#N)CC1. The Morgan fingerprint density at radius 2 is 2.47 bits per heavy atom. The number of rotatable bonds is 4. The number of ether oxygens (including phenoxy) is 1. The Morgan fingerprint density at radius 3 is 3.06 bits per heavy atom. The second kappa shape index (κ2) is 4.42. The van der Waals surface area contributed by atoms with Crippen LogP contribution in [0.2, 0.25) is 0 Å². The summed E-state index contributed by atoms with van der Waals surface area (Å²) in [6, 6.07) is 5.78. The van der Waals surface area contributed by atoms with Gasteiger partial charge in [-0.15, -0.1) is 0 Å². The van der Waals surface area contributed by atoms with Gasteiger partial charge < -0.3 is 10.1 Å². The molecular formula is C12H13N3O2. The van der Waals surface area contributed by atoms with E-state index in [1.807, 2.05) is 0 Å². The van der Waals surface area contributed by atoms with Gasteiger partial charge >= 0.3 is 5.97 Å². The minimum Gasteiger partial charge on any atom is -0.464 e. The molecule has 1 aliphatic rings. The van der Waals surface area contributed by atoms with Gasteiger partial charge in [0.25, 0.3) is 0 Å². The normalized spacial score (nSPS) is 15.8. The van der Waals surface area contributed by atoms with Crippen LogP contribution in [-0.4, -0.2) is 24.6 Å². The molecule has 88 valence electrons. The minimum absolute atomic E-state index is 0.253. The van der Waals surface area contributed by atoms with Gasteiger partial charge in [-0.05, 0) is 25.0 Å². The van der Waals surface area contributed by atoms with Gasteiger partial charge in [-0.25, -0.2) is 9.78 Å². The summed E-state index contributed by atoms with van der Waals surface area (Å²) in [7, 11) is 1.32. The molecular weight excluding hydrogens is 218 g/mol. The van der Waals surface area contributed by atoms with Crippen LogP contribution in [0.15, 0.2) is 18.3 Å². The van der Waals surface area contributed by atoms with E-state index in [-0.39, 0.29) is 11.1 Å². The molecule has 0 unspecified atom stereocenters. The van der Waals surface area contributed by atoms with Crippen LogP contribution in [0.5, 0.6) is 0 Å². The van der Waals surface area contributed by atoms with Crippen LogP contribution in [0.25, 0.3) is 0 Å². The van der Waals surface area contributed by atoms with Crippen molar-refractivity contribution in [1.82, 2.24) is 4.98 Å². The third-order valence-corrected chi connectivity index (χ3v) is 2.89. The number of hydrogen-bond acceptors (Lipinski definition) is 5. The zero-order valence-corrected chi connectivity index (χ0v) is 9.56. The van der Waals surface area contributed by atoms with Crippen molar-refractivity contribution in [1.29, 1.82) is 5.26 Å². The van der Waals surface area contributed by atoms with Crippen molar-refractivity contribution < 1.29 is 9.53 Å². The summed E-state index contributed by atoms with van der Waals surface area (Å²) < 4.78 is 4.64. The molecule has 17 heavy (non-hydrogen) atoms. The molecule has 5 nitrogen and oxygen atoms in total. The van der Waals surface area contributed by atoms with Crippen molar-refractivity contribution >= 4 is 11.7 Å². The number of pyridine rings is 1. The lowest BCUT2D eigenvalue weighted by atomic mass is 10.1. The lowest BCUT2D eigenvalue weighted by molar-refractivity contribution is 0.0595. The monoisotopic (exact) mass is 231 g/mol. The van der Waals surface area contributed by atoms with E-state index < -0.39 is 5.97 Å².